The van der Waals surface area contributed by atoms with Crippen LogP contribution in [0.25, 0.3) is 6.08 Å². The van der Waals surface area contributed by atoms with Crippen LogP contribution in [0.2, 0.25) is 5.02 Å². The first-order valence-corrected chi connectivity index (χ1v) is 11.8. The molecular weight excluding hydrogens is 456 g/mol. The number of hydrogen-bond acceptors (Lipinski definition) is 5. The van der Waals surface area contributed by atoms with E-state index in [1.807, 2.05) is 9.80 Å². The fraction of sp³-hybridized carbons (Fsp3) is 0.440. The maximum Gasteiger partial charge on any atom is 0.259 e. The van der Waals surface area contributed by atoms with Gasteiger partial charge < -0.3 is 19.6 Å². The second-order valence-electron chi connectivity index (χ2n) is 9.25. The highest BCUT2D eigenvalue weighted by Gasteiger charge is 2.42. The standard InChI is InChI=1S/C25H29ClN4O4/c1-16-23(17(2)34-28-16)24(33)29-11-8-25(9-12-29)10-13-30(15-25)22(32)7-5-19-4-6-20(26)14-21(19)27-18(3)31/h4-7,14H,8-13,15H2,1-3H3,(H,27,31)/b7-5+. The lowest BCUT2D eigenvalue weighted by Crippen LogP contribution is -2.44. The summed E-state index contributed by atoms with van der Waals surface area (Å²) in [4.78, 5) is 41.0. The van der Waals surface area contributed by atoms with E-state index in [1.165, 1.54) is 6.92 Å². The van der Waals surface area contributed by atoms with Crippen LogP contribution < -0.4 is 5.32 Å². The number of halogens is 1. The van der Waals surface area contributed by atoms with Gasteiger partial charge in [-0.25, -0.2) is 0 Å². The molecule has 1 spiro atoms. The van der Waals surface area contributed by atoms with Crippen molar-refractivity contribution in [3.8, 4) is 0 Å². The van der Waals surface area contributed by atoms with Crippen LogP contribution in [0.3, 0.4) is 0 Å². The minimum Gasteiger partial charge on any atom is -0.361 e. The highest BCUT2D eigenvalue weighted by Crippen LogP contribution is 2.41. The van der Waals surface area contributed by atoms with Crippen LogP contribution in [0.5, 0.6) is 0 Å². The molecule has 0 bridgehead atoms. The largest absolute Gasteiger partial charge is 0.361 e. The average molecular weight is 485 g/mol. The van der Waals surface area contributed by atoms with Gasteiger partial charge in [0.15, 0.2) is 0 Å². The summed E-state index contributed by atoms with van der Waals surface area (Å²) in [6.45, 7) is 7.67. The van der Waals surface area contributed by atoms with Crippen molar-refractivity contribution < 1.29 is 18.9 Å². The molecule has 0 aliphatic carbocycles. The van der Waals surface area contributed by atoms with Crippen LogP contribution in [0.1, 0.15) is 53.6 Å². The molecule has 3 amide bonds. The lowest BCUT2D eigenvalue weighted by Gasteiger charge is -2.39. The molecule has 2 aromatic rings. The summed E-state index contributed by atoms with van der Waals surface area (Å²) in [5, 5.41) is 7.15. The summed E-state index contributed by atoms with van der Waals surface area (Å²) < 4.78 is 5.15. The Labute approximate surface area is 203 Å². The van der Waals surface area contributed by atoms with Crippen molar-refractivity contribution in [3.63, 3.8) is 0 Å². The number of anilines is 1. The van der Waals surface area contributed by atoms with Crippen LogP contribution in [0.4, 0.5) is 5.69 Å². The van der Waals surface area contributed by atoms with Gasteiger partial charge in [-0.2, -0.15) is 0 Å². The Morgan fingerprint density at radius 2 is 1.79 bits per heavy atom. The minimum atomic E-state index is -0.205. The zero-order valence-electron chi connectivity index (χ0n) is 19.7. The molecule has 4 rings (SSSR count). The number of benzene rings is 1. The van der Waals surface area contributed by atoms with Gasteiger partial charge in [0.25, 0.3) is 5.91 Å². The topological polar surface area (TPSA) is 95.8 Å². The van der Waals surface area contributed by atoms with E-state index in [1.54, 1.807) is 44.2 Å². The van der Waals surface area contributed by atoms with Gasteiger partial charge >= 0.3 is 0 Å². The number of amides is 3. The first-order chi connectivity index (χ1) is 16.2. The maximum atomic E-state index is 12.9. The number of hydrogen-bond donors (Lipinski definition) is 1. The number of carbonyl (C=O) groups is 3. The smallest absolute Gasteiger partial charge is 0.259 e. The predicted molar refractivity (Wildman–Crippen MR) is 130 cm³/mol. The van der Waals surface area contributed by atoms with Crippen LogP contribution in [0.15, 0.2) is 28.8 Å². The van der Waals surface area contributed by atoms with Gasteiger partial charge in [0.2, 0.25) is 11.8 Å². The molecule has 180 valence electrons. The predicted octanol–water partition coefficient (Wildman–Crippen LogP) is 4.07. The highest BCUT2D eigenvalue weighted by atomic mass is 35.5. The van der Waals surface area contributed by atoms with Crippen LogP contribution in [0, 0.1) is 19.3 Å². The summed E-state index contributed by atoms with van der Waals surface area (Å²) in [7, 11) is 0. The van der Waals surface area contributed by atoms with E-state index in [0.717, 1.165) is 19.3 Å². The van der Waals surface area contributed by atoms with E-state index in [4.69, 9.17) is 16.1 Å². The molecule has 2 saturated heterocycles. The summed E-state index contributed by atoms with van der Waals surface area (Å²) in [5.41, 5.74) is 2.51. The number of nitrogens with zero attached hydrogens (tertiary/aromatic N) is 3. The summed E-state index contributed by atoms with van der Waals surface area (Å²) >= 11 is 6.04. The number of rotatable bonds is 4. The Kier molecular flexibility index (Phi) is 6.79. The molecule has 3 heterocycles. The van der Waals surface area contributed by atoms with Crippen molar-refractivity contribution in [2.75, 3.05) is 31.5 Å². The molecule has 0 radical (unpaired) electrons. The fourth-order valence-corrected chi connectivity index (χ4v) is 5.07. The fourth-order valence-electron chi connectivity index (χ4n) is 4.90. The number of piperidine rings is 1. The van der Waals surface area contributed by atoms with Crippen LogP contribution >= 0.6 is 11.6 Å². The second-order valence-corrected chi connectivity index (χ2v) is 9.68. The lowest BCUT2D eigenvalue weighted by molar-refractivity contribution is -0.125. The first kappa shape index (κ1) is 24.0. The van der Waals surface area contributed by atoms with Crippen molar-refractivity contribution in [2.24, 2.45) is 5.41 Å². The lowest BCUT2D eigenvalue weighted by atomic mass is 9.77. The van der Waals surface area contributed by atoms with Gasteiger partial charge in [-0.3, -0.25) is 14.4 Å². The van der Waals surface area contributed by atoms with E-state index in [9.17, 15) is 14.4 Å². The number of likely N-dealkylation sites (tertiary alicyclic amines) is 2. The van der Waals surface area contributed by atoms with Crippen molar-refractivity contribution in [2.45, 2.75) is 40.0 Å². The summed E-state index contributed by atoms with van der Waals surface area (Å²) in [6, 6.07) is 5.16. The van der Waals surface area contributed by atoms with E-state index in [0.29, 0.717) is 59.5 Å². The van der Waals surface area contributed by atoms with Gasteiger partial charge in [0.1, 0.15) is 11.3 Å². The summed E-state index contributed by atoms with van der Waals surface area (Å²) in [6.07, 6.45) is 5.90. The number of aromatic nitrogens is 1. The van der Waals surface area contributed by atoms with E-state index in [2.05, 4.69) is 10.5 Å². The minimum absolute atomic E-state index is 0.0297. The Balaban J connectivity index is 1.36. The third kappa shape index (κ3) is 5.01. The van der Waals surface area contributed by atoms with E-state index < -0.39 is 0 Å². The van der Waals surface area contributed by atoms with E-state index in [-0.39, 0.29) is 23.1 Å². The molecule has 1 aromatic heterocycles. The average Bonchev–Trinajstić information content (AvgIpc) is 3.35. The molecule has 1 N–H and O–H groups in total. The van der Waals surface area contributed by atoms with Gasteiger partial charge in [-0.05, 0) is 62.3 Å². The van der Waals surface area contributed by atoms with Gasteiger partial charge in [-0.1, -0.05) is 22.8 Å². The number of aryl methyl sites for hydroxylation is 2. The monoisotopic (exact) mass is 484 g/mol. The Morgan fingerprint density at radius 1 is 1.12 bits per heavy atom. The number of carbonyl (C=O) groups excluding carboxylic acids is 3. The van der Waals surface area contributed by atoms with Crippen LogP contribution in [-0.4, -0.2) is 58.9 Å². The Hall–Kier alpha value is -3.13. The Bertz CT molecular complexity index is 1130. The molecule has 1 aromatic carbocycles. The normalized spacial score (nSPS) is 17.5. The van der Waals surface area contributed by atoms with Crippen molar-refractivity contribution >= 4 is 41.1 Å². The molecule has 9 heteroatoms. The van der Waals surface area contributed by atoms with Crippen molar-refractivity contribution in [3.05, 3.63) is 51.9 Å². The maximum absolute atomic E-state index is 12.9. The molecular formula is C25H29ClN4O4. The molecule has 2 fully saturated rings. The quantitative estimate of drug-likeness (QED) is 0.660. The third-order valence-corrected chi connectivity index (χ3v) is 7.08. The van der Waals surface area contributed by atoms with Crippen LogP contribution in [-0.2, 0) is 9.59 Å². The first-order valence-electron chi connectivity index (χ1n) is 11.4. The third-order valence-electron chi connectivity index (χ3n) is 6.84. The molecule has 2 aliphatic heterocycles. The van der Waals surface area contributed by atoms with Gasteiger partial charge in [-0.15, -0.1) is 0 Å². The number of nitrogens with one attached hydrogen (secondary N) is 1. The molecule has 2 aliphatic rings. The van der Waals surface area contributed by atoms with Gasteiger partial charge in [0.05, 0.1) is 5.69 Å². The highest BCUT2D eigenvalue weighted by molar-refractivity contribution is 6.31. The second kappa shape index (κ2) is 9.62. The van der Waals surface area contributed by atoms with E-state index >= 15 is 0 Å². The molecule has 8 nitrogen and oxygen atoms in total. The summed E-state index contributed by atoms with van der Waals surface area (Å²) in [5.74, 6) is 0.256. The van der Waals surface area contributed by atoms with Gasteiger partial charge in [0, 0.05) is 49.9 Å². The molecule has 0 unspecified atom stereocenters. The van der Waals surface area contributed by atoms with Crippen molar-refractivity contribution in [1.29, 1.82) is 0 Å². The molecule has 0 atom stereocenters. The Morgan fingerprint density at radius 3 is 2.41 bits per heavy atom. The molecule has 34 heavy (non-hydrogen) atoms. The zero-order chi connectivity index (χ0) is 24.5. The van der Waals surface area contributed by atoms with Crippen molar-refractivity contribution in [1.82, 2.24) is 15.0 Å². The zero-order valence-corrected chi connectivity index (χ0v) is 20.4. The molecule has 0 saturated carbocycles. The SMILES string of the molecule is CC(=O)Nc1cc(Cl)ccc1/C=C/C(=O)N1CCC2(CCN(C(=O)c3c(C)noc3C)CC2)C1.